The van der Waals surface area contributed by atoms with Crippen LogP contribution in [0.15, 0.2) is 24.3 Å². The monoisotopic (exact) mass is 277 g/mol. The molecule has 0 saturated carbocycles. The third-order valence-corrected chi connectivity index (χ3v) is 3.40. The van der Waals surface area contributed by atoms with Gasteiger partial charge >= 0.3 is 0 Å². The van der Waals surface area contributed by atoms with Gasteiger partial charge in [0.1, 0.15) is 0 Å². The molecule has 0 radical (unpaired) electrons. The fourth-order valence-electron chi connectivity index (χ4n) is 1.89. The van der Waals surface area contributed by atoms with E-state index in [2.05, 4.69) is 43.2 Å². The van der Waals surface area contributed by atoms with Crippen molar-refractivity contribution in [2.75, 3.05) is 7.05 Å². The number of carbonyl (C=O) groups excluding carboxylic acids is 1. The minimum absolute atomic E-state index is 0.00650. The molecule has 0 aromatic heterocycles. The van der Waals surface area contributed by atoms with E-state index in [0.29, 0.717) is 19.0 Å². The zero-order chi connectivity index (χ0) is 15.1. The Hall–Kier alpha value is -1.39. The Morgan fingerprint density at radius 1 is 1.25 bits per heavy atom. The summed E-state index contributed by atoms with van der Waals surface area (Å²) in [4.78, 5) is 13.9. The van der Waals surface area contributed by atoms with Crippen LogP contribution in [0.3, 0.4) is 0 Å². The lowest BCUT2D eigenvalue weighted by atomic mass is 10.1. The van der Waals surface area contributed by atoms with Gasteiger partial charge < -0.3 is 11.1 Å². The Morgan fingerprint density at radius 3 is 2.40 bits per heavy atom. The number of rotatable bonds is 7. The van der Waals surface area contributed by atoms with Crippen LogP contribution >= 0.6 is 0 Å². The first-order valence-corrected chi connectivity index (χ1v) is 7.19. The Labute approximate surface area is 122 Å². The van der Waals surface area contributed by atoms with Crippen molar-refractivity contribution in [3.8, 4) is 0 Å². The molecule has 4 heteroatoms. The summed E-state index contributed by atoms with van der Waals surface area (Å²) >= 11 is 0. The van der Waals surface area contributed by atoms with E-state index >= 15 is 0 Å². The Morgan fingerprint density at radius 2 is 1.85 bits per heavy atom. The van der Waals surface area contributed by atoms with E-state index in [1.54, 1.807) is 0 Å². The third kappa shape index (κ3) is 5.72. The van der Waals surface area contributed by atoms with Gasteiger partial charge in [-0.3, -0.25) is 9.69 Å². The molecule has 112 valence electrons. The predicted molar refractivity (Wildman–Crippen MR) is 83.2 cm³/mol. The summed E-state index contributed by atoms with van der Waals surface area (Å²) in [5.41, 5.74) is 8.04. The predicted octanol–water partition coefficient (Wildman–Crippen LogP) is 1.88. The Balaban J connectivity index is 2.64. The van der Waals surface area contributed by atoms with Crippen molar-refractivity contribution in [2.24, 2.45) is 5.73 Å². The minimum Gasteiger partial charge on any atom is -0.352 e. The maximum Gasteiger partial charge on any atom is 0.221 e. The van der Waals surface area contributed by atoms with E-state index in [9.17, 15) is 4.79 Å². The van der Waals surface area contributed by atoms with E-state index in [4.69, 9.17) is 5.73 Å². The van der Waals surface area contributed by atoms with Gasteiger partial charge in [0.05, 0.1) is 0 Å². The lowest BCUT2D eigenvalue weighted by molar-refractivity contribution is -0.121. The quantitative estimate of drug-likeness (QED) is 0.800. The molecule has 0 bridgehead atoms. The highest BCUT2D eigenvalue weighted by Crippen LogP contribution is 2.12. The lowest BCUT2D eigenvalue weighted by Gasteiger charge is -2.22. The van der Waals surface area contributed by atoms with Crippen LogP contribution in [0.2, 0.25) is 0 Å². The van der Waals surface area contributed by atoms with Crippen LogP contribution in [0.5, 0.6) is 0 Å². The first kappa shape index (κ1) is 16.7. The van der Waals surface area contributed by atoms with Gasteiger partial charge in [-0.25, -0.2) is 0 Å². The van der Waals surface area contributed by atoms with Crippen LogP contribution in [0.25, 0.3) is 0 Å². The van der Waals surface area contributed by atoms with Crippen molar-refractivity contribution in [1.29, 1.82) is 0 Å². The number of nitrogens with one attached hydrogen (secondary N) is 1. The van der Waals surface area contributed by atoms with Gasteiger partial charge in [0.25, 0.3) is 0 Å². The average Bonchev–Trinajstić information content (AvgIpc) is 2.36. The summed E-state index contributed by atoms with van der Waals surface area (Å²) in [7, 11) is 2.11. The number of hydrogen-bond acceptors (Lipinski definition) is 3. The zero-order valence-corrected chi connectivity index (χ0v) is 13.0. The van der Waals surface area contributed by atoms with E-state index < -0.39 is 0 Å². The smallest absolute Gasteiger partial charge is 0.221 e. The molecule has 4 nitrogen and oxygen atoms in total. The Kier molecular flexibility index (Phi) is 6.68. The van der Waals surface area contributed by atoms with Crippen LogP contribution in [0.1, 0.15) is 38.3 Å². The first-order chi connectivity index (χ1) is 9.40. The van der Waals surface area contributed by atoms with Crippen LogP contribution < -0.4 is 11.1 Å². The number of nitrogens with zero attached hydrogens (tertiary/aromatic N) is 1. The number of nitrogens with two attached hydrogens (primary N) is 1. The van der Waals surface area contributed by atoms with Crippen molar-refractivity contribution in [3.63, 3.8) is 0 Å². The first-order valence-electron chi connectivity index (χ1n) is 7.19. The van der Waals surface area contributed by atoms with Gasteiger partial charge in [-0.05, 0) is 38.9 Å². The van der Waals surface area contributed by atoms with Crippen LogP contribution in [0, 0.1) is 0 Å². The molecule has 1 atom stereocenters. The van der Waals surface area contributed by atoms with Crippen LogP contribution in [-0.4, -0.2) is 29.9 Å². The second-order valence-electron chi connectivity index (χ2n) is 5.74. The molecule has 0 saturated heterocycles. The van der Waals surface area contributed by atoms with Crippen molar-refractivity contribution < 1.29 is 4.79 Å². The van der Waals surface area contributed by atoms with E-state index in [-0.39, 0.29) is 11.9 Å². The van der Waals surface area contributed by atoms with Crippen molar-refractivity contribution in [2.45, 2.75) is 52.4 Å². The highest BCUT2D eigenvalue weighted by Gasteiger charge is 2.09. The molecule has 1 amide bonds. The van der Waals surface area contributed by atoms with Crippen molar-refractivity contribution >= 4 is 5.91 Å². The highest BCUT2D eigenvalue weighted by atomic mass is 16.1. The summed E-state index contributed by atoms with van der Waals surface area (Å²) in [5, 5.41) is 2.94. The van der Waals surface area contributed by atoms with Crippen molar-refractivity contribution in [3.05, 3.63) is 35.4 Å². The largest absolute Gasteiger partial charge is 0.352 e. The molecule has 0 spiro atoms. The molecule has 0 fully saturated rings. The molecule has 0 aliphatic heterocycles. The molecule has 0 aliphatic rings. The van der Waals surface area contributed by atoms with E-state index in [1.165, 1.54) is 5.56 Å². The molecule has 1 aromatic rings. The summed E-state index contributed by atoms with van der Waals surface area (Å²) in [5.74, 6) is 0.00650. The minimum atomic E-state index is -0.0997. The average molecular weight is 277 g/mol. The van der Waals surface area contributed by atoms with Gasteiger partial charge in [0.15, 0.2) is 0 Å². The maximum atomic E-state index is 11.7. The zero-order valence-electron chi connectivity index (χ0n) is 13.0. The molecular formula is C16H27N3O. The highest BCUT2D eigenvalue weighted by molar-refractivity contribution is 5.76. The molecule has 1 aromatic carbocycles. The number of amides is 1. The van der Waals surface area contributed by atoms with Gasteiger partial charge in [-0.2, -0.15) is 0 Å². The third-order valence-electron chi connectivity index (χ3n) is 3.40. The molecule has 1 unspecified atom stereocenters. The summed E-state index contributed by atoms with van der Waals surface area (Å²) < 4.78 is 0. The summed E-state index contributed by atoms with van der Waals surface area (Å²) in [6.07, 6.45) is 0.369. The van der Waals surface area contributed by atoms with E-state index in [0.717, 1.165) is 12.1 Å². The molecule has 0 heterocycles. The van der Waals surface area contributed by atoms with Gasteiger partial charge in [0.2, 0.25) is 5.91 Å². The molecule has 0 aliphatic carbocycles. The lowest BCUT2D eigenvalue weighted by Crippen LogP contribution is -2.30. The fourth-order valence-corrected chi connectivity index (χ4v) is 1.89. The molecule has 1 rings (SSSR count). The van der Waals surface area contributed by atoms with E-state index in [1.807, 2.05) is 19.1 Å². The molecular weight excluding hydrogens is 250 g/mol. The molecule has 3 N–H and O–H groups in total. The second kappa shape index (κ2) is 8.02. The standard InChI is InChI=1S/C16H27N3O/c1-12(2)19(4)11-15-8-6-5-7-14(15)10-18-16(20)9-13(3)17/h5-8,12-13H,9-11,17H2,1-4H3,(H,18,20). The summed E-state index contributed by atoms with van der Waals surface area (Å²) in [6, 6.07) is 8.62. The van der Waals surface area contributed by atoms with Gasteiger partial charge in [0, 0.05) is 31.6 Å². The van der Waals surface area contributed by atoms with Gasteiger partial charge in [-0.1, -0.05) is 24.3 Å². The second-order valence-corrected chi connectivity index (χ2v) is 5.74. The number of hydrogen-bond donors (Lipinski definition) is 2. The Bertz CT molecular complexity index is 429. The van der Waals surface area contributed by atoms with Crippen molar-refractivity contribution in [1.82, 2.24) is 10.2 Å². The fraction of sp³-hybridized carbons (Fsp3) is 0.562. The topological polar surface area (TPSA) is 58.4 Å². The number of benzene rings is 1. The maximum absolute atomic E-state index is 11.7. The SMILES string of the molecule is CC(N)CC(=O)NCc1ccccc1CN(C)C(C)C. The van der Waals surface area contributed by atoms with Gasteiger partial charge in [-0.15, -0.1) is 0 Å². The number of carbonyl (C=O) groups is 1. The normalized spacial score (nSPS) is 12.8. The summed E-state index contributed by atoms with van der Waals surface area (Å²) in [6.45, 7) is 7.63. The van der Waals surface area contributed by atoms with Crippen LogP contribution in [-0.2, 0) is 17.9 Å². The molecule has 20 heavy (non-hydrogen) atoms. The van der Waals surface area contributed by atoms with Crippen LogP contribution in [0.4, 0.5) is 0 Å².